The Kier molecular flexibility index (Phi) is 6.12. The molecular weight excluding hydrogens is 404 g/mol. The molecule has 4 rings (SSSR count). The molecule has 1 fully saturated rings. The van der Waals surface area contributed by atoms with Crippen molar-refractivity contribution >= 4 is 23.2 Å². The molecule has 164 valence electrons. The molecule has 1 saturated heterocycles. The highest BCUT2D eigenvalue weighted by atomic mass is 16.5. The van der Waals surface area contributed by atoms with E-state index in [-0.39, 0.29) is 18.2 Å². The van der Waals surface area contributed by atoms with E-state index in [0.29, 0.717) is 18.0 Å². The van der Waals surface area contributed by atoms with Gasteiger partial charge in [-0.1, -0.05) is 12.1 Å². The van der Waals surface area contributed by atoms with Crippen LogP contribution in [0.25, 0.3) is 0 Å². The number of carbonyl (C=O) groups is 2. The van der Waals surface area contributed by atoms with Crippen LogP contribution < -0.4 is 19.7 Å². The molecule has 0 bridgehead atoms. The van der Waals surface area contributed by atoms with Crippen molar-refractivity contribution in [3.05, 3.63) is 77.9 Å². The summed E-state index contributed by atoms with van der Waals surface area (Å²) in [5.41, 5.74) is 3.69. The van der Waals surface area contributed by atoms with E-state index in [0.717, 1.165) is 22.7 Å². The molecule has 0 aliphatic carbocycles. The van der Waals surface area contributed by atoms with Gasteiger partial charge in [-0.2, -0.15) is 0 Å². The van der Waals surface area contributed by atoms with E-state index in [1.165, 1.54) is 5.56 Å². The van der Waals surface area contributed by atoms with Crippen LogP contribution in [0.1, 0.15) is 17.5 Å². The molecule has 0 aromatic heterocycles. The third-order valence-electron chi connectivity index (χ3n) is 5.78. The predicted molar refractivity (Wildman–Crippen MR) is 125 cm³/mol. The Morgan fingerprint density at radius 2 is 1.66 bits per heavy atom. The highest BCUT2D eigenvalue weighted by Gasteiger charge is 2.35. The monoisotopic (exact) mass is 430 g/mol. The van der Waals surface area contributed by atoms with E-state index in [2.05, 4.69) is 5.32 Å². The van der Waals surface area contributed by atoms with Crippen LogP contribution in [0.15, 0.2) is 66.7 Å². The standard InChI is InChI=1S/C26H26N2O4/c1-17-5-4-6-24(18(17)2)32-23-11-7-20(8-12-23)27-26(30)19-15-25(29)28(16-19)21-9-13-22(31-3)14-10-21/h4-14,19H,15-16H2,1-3H3,(H,27,30)/t19-/m0/s1. The average Bonchev–Trinajstić information content (AvgIpc) is 3.20. The zero-order chi connectivity index (χ0) is 22.7. The van der Waals surface area contributed by atoms with Crippen LogP contribution >= 0.6 is 0 Å². The van der Waals surface area contributed by atoms with Crippen LogP contribution in [-0.4, -0.2) is 25.5 Å². The van der Waals surface area contributed by atoms with E-state index in [1.807, 2.05) is 56.3 Å². The van der Waals surface area contributed by atoms with Gasteiger partial charge in [-0.05, 0) is 79.6 Å². The summed E-state index contributed by atoms with van der Waals surface area (Å²) in [7, 11) is 1.60. The summed E-state index contributed by atoms with van der Waals surface area (Å²) in [6.45, 7) is 4.42. The van der Waals surface area contributed by atoms with Gasteiger partial charge < -0.3 is 19.7 Å². The lowest BCUT2D eigenvalue weighted by atomic mass is 10.1. The summed E-state index contributed by atoms with van der Waals surface area (Å²) >= 11 is 0. The van der Waals surface area contributed by atoms with Crippen molar-refractivity contribution in [1.29, 1.82) is 0 Å². The van der Waals surface area contributed by atoms with Gasteiger partial charge in [0.1, 0.15) is 17.2 Å². The molecule has 2 amide bonds. The third kappa shape index (κ3) is 4.59. The second-order valence-corrected chi connectivity index (χ2v) is 7.92. The van der Waals surface area contributed by atoms with Gasteiger partial charge in [-0.15, -0.1) is 0 Å². The highest BCUT2D eigenvalue weighted by Crippen LogP contribution is 2.29. The lowest BCUT2D eigenvalue weighted by Crippen LogP contribution is -2.28. The molecule has 0 radical (unpaired) electrons. The van der Waals surface area contributed by atoms with Gasteiger partial charge in [-0.25, -0.2) is 0 Å². The lowest BCUT2D eigenvalue weighted by molar-refractivity contribution is -0.122. The second kappa shape index (κ2) is 9.14. The van der Waals surface area contributed by atoms with Crippen molar-refractivity contribution in [3.8, 4) is 17.2 Å². The minimum absolute atomic E-state index is 0.0624. The second-order valence-electron chi connectivity index (χ2n) is 7.92. The molecular formula is C26H26N2O4. The Labute approximate surface area is 187 Å². The molecule has 6 heteroatoms. The summed E-state index contributed by atoms with van der Waals surface area (Å²) in [5, 5.41) is 2.91. The Balaban J connectivity index is 1.37. The molecule has 1 aliphatic heterocycles. The van der Waals surface area contributed by atoms with E-state index < -0.39 is 5.92 Å². The molecule has 1 N–H and O–H groups in total. The maximum Gasteiger partial charge on any atom is 0.229 e. The molecule has 1 aliphatic rings. The summed E-state index contributed by atoms with van der Waals surface area (Å²) in [5.74, 6) is 1.59. The molecule has 0 unspecified atom stereocenters. The molecule has 1 heterocycles. The first-order valence-corrected chi connectivity index (χ1v) is 10.5. The van der Waals surface area contributed by atoms with E-state index in [1.54, 1.807) is 36.3 Å². The molecule has 32 heavy (non-hydrogen) atoms. The molecule has 6 nitrogen and oxygen atoms in total. The molecule has 1 atom stereocenters. The zero-order valence-corrected chi connectivity index (χ0v) is 18.4. The summed E-state index contributed by atoms with van der Waals surface area (Å²) in [6.07, 6.45) is 0.186. The van der Waals surface area contributed by atoms with Crippen LogP contribution in [0, 0.1) is 19.8 Å². The molecule has 3 aromatic rings. The Morgan fingerprint density at radius 3 is 2.34 bits per heavy atom. The number of carbonyl (C=O) groups excluding carboxylic acids is 2. The van der Waals surface area contributed by atoms with Gasteiger partial charge in [0.2, 0.25) is 11.8 Å². The first-order valence-electron chi connectivity index (χ1n) is 10.5. The van der Waals surface area contributed by atoms with Crippen LogP contribution in [0.3, 0.4) is 0 Å². The average molecular weight is 431 g/mol. The third-order valence-corrected chi connectivity index (χ3v) is 5.78. The van der Waals surface area contributed by atoms with Crippen LogP contribution in [0.5, 0.6) is 17.2 Å². The summed E-state index contributed by atoms with van der Waals surface area (Å²) in [6, 6.07) is 20.4. The normalized spacial score (nSPS) is 15.5. The van der Waals surface area contributed by atoms with Crippen molar-refractivity contribution in [1.82, 2.24) is 0 Å². The van der Waals surface area contributed by atoms with E-state index in [4.69, 9.17) is 9.47 Å². The van der Waals surface area contributed by atoms with Crippen molar-refractivity contribution in [2.75, 3.05) is 23.9 Å². The number of aryl methyl sites for hydroxylation is 1. The topological polar surface area (TPSA) is 67.9 Å². The summed E-state index contributed by atoms with van der Waals surface area (Å²) in [4.78, 5) is 26.9. The maximum atomic E-state index is 12.8. The predicted octanol–water partition coefficient (Wildman–Crippen LogP) is 5.10. The van der Waals surface area contributed by atoms with Gasteiger partial charge in [0.25, 0.3) is 0 Å². The van der Waals surface area contributed by atoms with Crippen LogP contribution in [-0.2, 0) is 9.59 Å². The number of nitrogens with zero attached hydrogens (tertiary/aromatic N) is 1. The first-order chi connectivity index (χ1) is 15.4. The van der Waals surface area contributed by atoms with Crippen molar-refractivity contribution in [3.63, 3.8) is 0 Å². The summed E-state index contributed by atoms with van der Waals surface area (Å²) < 4.78 is 11.1. The highest BCUT2D eigenvalue weighted by molar-refractivity contribution is 6.03. The molecule has 0 saturated carbocycles. The van der Waals surface area contributed by atoms with Gasteiger partial charge >= 0.3 is 0 Å². The fraction of sp³-hybridized carbons (Fsp3) is 0.231. The maximum absolute atomic E-state index is 12.8. The van der Waals surface area contributed by atoms with Crippen molar-refractivity contribution in [2.45, 2.75) is 20.3 Å². The van der Waals surface area contributed by atoms with Crippen molar-refractivity contribution in [2.24, 2.45) is 5.92 Å². The van der Waals surface area contributed by atoms with E-state index in [9.17, 15) is 9.59 Å². The fourth-order valence-electron chi connectivity index (χ4n) is 3.71. The van der Waals surface area contributed by atoms with Crippen molar-refractivity contribution < 1.29 is 19.1 Å². The van der Waals surface area contributed by atoms with Gasteiger partial charge in [-0.3, -0.25) is 9.59 Å². The Bertz CT molecular complexity index is 1120. The SMILES string of the molecule is COc1ccc(N2C[C@@H](C(=O)Nc3ccc(Oc4cccc(C)c4C)cc3)CC2=O)cc1. The van der Waals surface area contributed by atoms with Gasteiger partial charge in [0.05, 0.1) is 13.0 Å². The molecule has 0 spiro atoms. The number of anilines is 2. The number of methoxy groups -OCH3 is 1. The minimum Gasteiger partial charge on any atom is -0.497 e. The Morgan fingerprint density at radius 1 is 0.969 bits per heavy atom. The van der Waals surface area contributed by atoms with Gasteiger partial charge in [0.15, 0.2) is 0 Å². The fourth-order valence-corrected chi connectivity index (χ4v) is 3.71. The molecule has 3 aromatic carbocycles. The minimum atomic E-state index is -0.407. The number of rotatable bonds is 6. The van der Waals surface area contributed by atoms with E-state index >= 15 is 0 Å². The van der Waals surface area contributed by atoms with Crippen LogP contribution in [0.4, 0.5) is 11.4 Å². The van der Waals surface area contributed by atoms with Crippen LogP contribution in [0.2, 0.25) is 0 Å². The zero-order valence-electron chi connectivity index (χ0n) is 18.4. The Hall–Kier alpha value is -3.80. The number of amides is 2. The quantitative estimate of drug-likeness (QED) is 0.591. The number of ether oxygens (including phenoxy) is 2. The number of benzene rings is 3. The largest absolute Gasteiger partial charge is 0.497 e. The number of hydrogen-bond donors (Lipinski definition) is 1. The first kappa shape index (κ1) is 21.4. The van der Waals surface area contributed by atoms with Gasteiger partial charge in [0, 0.05) is 24.3 Å². The lowest BCUT2D eigenvalue weighted by Gasteiger charge is -2.17. The number of nitrogens with one attached hydrogen (secondary N) is 1. The smallest absolute Gasteiger partial charge is 0.229 e. The number of hydrogen-bond acceptors (Lipinski definition) is 4.